The number of anilines is 1. The Morgan fingerprint density at radius 2 is 2.27 bits per heavy atom. The van der Waals surface area contributed by atoms with E-state index in [1.165, 1.54) is 11.1 Å². The summed E-state index contributed by atoms with van der Waals surface area (Å²) in [5.41, 5.74) is 3.31. The molecule has 2 aliphatic heterocycles. The van der Waals surface area contributed by atoms with Crippen molar-refractivity contribution in [2.75, 3.05) is 18.4 Å². The van der Waals surface area contributed by atoms with Gasteiger partial charge in [-0.1, -0.05) is 35.0 Å². The van der Waals surface area contributed by atoms with Gasteiger partial charge in [0.2, 0.25) is 0 Å². The Hall–Kier alpha value is -2.73. The molecule has 1 fully saturated rings. The van der Waals surface area contributed by atoms with Gasteiger partial charge in [0.25, 0.3) is 5.91 Å². The number of rotatable bonds is 4. The van der Waals surface area contributed by atoms with Crippen molar-refractivity contribution in [3.05, 3.63) is 59.9 Å². The molecule has 0 aliphatic carbocycles. The van der Waals surface area contributed by atoms with Crippen LogP contribution in [0.4, 0.5) is 5.69 Å². The smallest absolute Gasteiger partial charge is 0.273 e. The highest BCUT2D eigenvalue weighted by molar-refractivity contribution is 6.43. The predicted molar refractivity (Wildman–Crippen MR) is 99.8 cm³/mol. The largest absolute Gasteiger partial charge is 0.387 e. The van der Waals surface area contributed by atoms with Crippen molar-refractivity contribution in [2.45, 2.75) is 31.9 Å². The molecule has 1 saturated heterocycles. The van der Waals surface area contributed by atoms with Gasteiger partial charge in [0.15, 0.2) is 5.60 Å². The minimum atomic E-state index is -0.370. The Balaban J connectivity index is 1.35. The van der Waals surface area contributed by atoms with E-state index in [1.54, 1.807) is 24.5 Å². The SMILES string of the molecule is Cc1cccc(CN2CC[C@@]3(CC(C(=O)Nc4cccnc4)=NO3)C2)c1. The third-order valence-electron chi connectivity index (χ3n) is 4.90. The summed E-state index contributed by atoms with van der Waals surface area (Å²) >= 11 is 0. The Bertz CT molecular complexity index is 837. The Morgan fingerprint density at radius 1 is 1.35 bits per heavy atom. The number of carbonyl (C=O) groups is 1. The van der Waals surface area contributed by atoms with Crippen molar-refractivity contribution in [3.8, 4) is 0 Å². The molecule has 0 bridgehead atoms. The maximum Gasteiger partial charge on any atom is 0.273 e. The molecule has 1 N–H and O–H groups in total. The van der Waals surface area contributed by atoms with E-state index in [0.29, 0.717) is 17.8 Å². The fourth-order valence-corrected chi connectivity index (χ4v) is 3.63. The molecule has 134 valence electrons. The number of carbonyl (C=O) groups excluding carboxylic acids is 1. The lowest BCUT2D eigenvalue weighted by Crippen LogP contribution is -2.35. The minimum Gasteiger partial charge on any atom is -0.387 e. The van der Waals surface area contributed by atoms with Crippen molar-refractivity contribution in [2.24, 2.45) is 5.16 Å². The molecule has 1 aromatic carbocycles. The molecule has 2 aliphatic rings. The average molecular weight is 350 g/mol. The molecule has 0 unspecified atom stereocenters. The third-order valence-corrected chi connectivity index (χ3v) is 4.90. The maximum atomic E-state index is 12.4. The lowest BCUT2D eigenvalue weighted by molar-refractivity contribution is -0.110. The standard InChI is InChI=1S/C20H22N4O2/c1-15-4-2-5-16(10-15)13-24-9-7-20(14-24)11-18(23-26-20)19(25)22-17-6-3-8-21-12-17/h2-6,8,10,12H,7,9,11,13-14H2,1H3,(H,22,25)/t20-/m1/s1. The van der Waals surface area contributed by atoms with Crippen LogP contribution in [0.25, 0.3) is 0 Å². The Kier molecular flexibility index (Phi) is 4.42. The van der Waals surface area contributed by atoms with Crippen LogP contribution >= 0.6 is 0 Å². The summed E-state index contributed by atoms with van der Waals surface area (Å²) in [6, 6.07) is 12.1. The average Bonchev–Trinajstić information content (AvgIpc) is 3.23. The summed E-state index contributed by atoms with van der Waals surface area (Å²) in [4.78, 5) is 24.5. The second-order valence-corrected chi connectivity index (χ2v) is 7.13. The van der Waals surface area contributed by atoms with Crippen LogP contribution in [0.1, 0.15) is 24.0 Å². The number of nitrogens with zero attached hydrogens (tertiary/aromatic N) is 3. The van der Waals surface area contributed by atoms with Gasteiger partial charge in [-0.15, -0.1) is 0 Å². The molecule has 6 heteroatoms. The summed E-state index contributed by atoms with van der Waals surface area (Å²) in [5.74, 6) is -0.216. The van der Waals surface area contributed by atoms with Gasteiger partial charge in [-0.25, -0.2) is 0 Å². The highest BCUT2D eigenvalue weighted by atomic mass is 16.7. The molecule has 1 aromatic heterocycles. The molecule has 26 heavy (non-hydrogen) atoms. The first-order chi connectivity index (χ1) is 12.6. The van der Waals surface area contributed by atoms with Crippen LogP contribution in [0.5, 0.6) is 0 Å². The second kappa shape index (κ2) is 6.88. The fourth-order valence-electron chi connectivity index (χ4n) is 3.63. The first-order valence-electron chi connectivity index (χ1n) is 8.86. The number of likely N-dealkylation sites (tertiary alicyclic amines) is 1. The number of aryl methyl sites for hydroxylation is 1. The number of nitrogens with one attached hydrogen (secondary N) is 1. The van der Waals surface area contributed by atoms with Gasteiger partial charge < -0.3 is 10.2 Å². The summed E-state index contributed by atoms with van der Waals surface area (Å²) in [5, 5.41) is 6.90. The third kappa shape index (κ3) is 3.60. The van der Waals surface area contributed by atoms with Gasteiger partial charge in [0.05, 0.1) is 11.9 Å². The molecular formula is C20H22N4O2. The van der Waals surface area contributed by atoms with E-state index >= 15 is 0 Å². The molecule has 3 heterocycles. The van der Waals surface area contributed by atoms with Gasteiger partial charge in [0, 0.05) is 38.7 Å². The van der Waals surface area contributed by atoms with E-state index in [9.17, 15) is 4.79 Å². The van der Waals surface area contributed by atoms with Gasteiger partial charge in [-0.3, -0.25) is 14.7 Å². The first-order valence-corrected chi connectivity index (χ1v) is 8.86. The van der Waals surface area contributed by atoms with E-state index in [1.807, 2.05) is 0 Å². The fraction of sp³-hybridized carbons (Fsp3) is 0.350. The maximum absolute atomic E-state index is 12.4. The molecular weight excluding hydrogens is 328 g/mol. The summed E-state index contributed by atoms with van der Waals surface area (Å²) in [6.07, 6.45) is 4.71. The van der Waals surface area contributed by atoms with E-state index < -0.39 is 0 Å². The van der Waals surface area contributed by atoms with Crippen LogP contribution in [0.3, 0.4) is 0 Å². The van der Waals surface area contributed by atoms with Crippen LogP contribution in [0.15, 0.2) is 53.9 Å². The number of amides is 1. The number of pyridine rings is 1. The molecule has 2 aromatic rings. The molecule has 4 rings (SSSR count). The summed E-state index contributed by atoms with van der Waals surface area (Å²) in [6.45, 7) is 4.73. The normalized spacial score (nSPS) is 22.3. The lowest BCUT2D eigenvalue weighted by Gasteiger charge is -2.21. The van der Waals surface area contributed by atoms with Gasteiger partial charge in [-0.2, -0.15) is 0 Å². The Labute approximate surface area is 152 Å². The molecule has 6 nitrogen and oxygen atoms in total. The summed E-state index contributed by atoms with van der Waals surface area (Å²) < 4.78 is 0. The van der Waals surface area contributed by atoms with Crippen LogP contribution in [0, 0.1) is 6.92 Å². The van der Waals surface area contributed by atoms with E-state index in [2.05, 4.69) is 51.5 Å². The van der Waals surface area contributed by atoms with Crippen molar-refractivity contribution in [3.63, 3.8) is 0 Å². The van der Waals surface area contributed by atoms with Gasteiger partial charge in [-0.05, 0) is 24.6 Å². The number of hydrogen-bond acceptors (Lipinski definition) is 5. The van der Waals surface area contributed by atoms with E-state index in [4.69, 9.17) is 4.84 Å². The lowest BCUT2D eigenvalue weighted by atomic mass is 9.96. The number of hydrogen-bond donors (Lipinski definition) is 1. The zero-order valence-corrected chi connectivity index (χ0v) is 14.8. The number of aromatic nitrogens is 1. The molecule has 0 radical (unpaired) electrons. The van der Waals surface area contributed by atoms with Crippen LogP contribution in [0.2, 0.25) is 0 Å². The summed E-state index contributed by atoms with van der Waals surface area (Å²) in [7, 11) is 0. The highest BCUT2D eigenvalue weighted by Gasteiger charge is 2.46. The van der Waals surface area contributed by atoms with Gasteiger partial charge in [0.1, 0.15) is 5.71 Å². The van der Waals surface area contributed by atoms with E-state index in [-0.39, 0.29) is 11.5 Å². The predicted octanol–water partition coefficient (Wildman–Crippen LogP) is 2.75. The second-order valence-electron chi connectivity index (χ2n) is 7.13. The zero-order valence-electron chi connectivity index (χ0n) is 14.8. The van der Waals surface area contributed by atoms with Crippen LogP contribution < -0.4 is 5.32 Å². The van der Waals surface area contributed by atoms with Gasteiger partial charge >= 0.3 is 0 Å². The minimum absolute atomic E-state index is 0.216. The molecule has 1 atom stereocenters. The highest BCUT2D eigenvalue weighted by Crippen LogP contribution is 2.34. The van der Waals surface area contributed by atoms with Crippen molar-refractivity contribution >= 4 is 17.3 Å². The molecule has 1 spiro atoms. The van der Waals surface area contributed by atoms with E-state index in [0.717, 1.165) is 26.1 Å². The van der Waals surface area contributed by atoms with Crippen molar-refractivity contribution in [1.82, 2.24) is 9.88 Å². The molecule has 1 amide bonds. The monoisotopic (exact) mass is 350 g/mol. The van der Waals surface area contributed by atoms with Crippen LogP contribution in [-0.4, -0.2) is 40.2 Å². The first kappa shape index (κ1) is 16.7. The van der Waals surface area contributed by atoms with Crippen LogP contribution in [-0.2, 0) is 16.2 Å². The topological polar surface area (TPSA) is 66.8 Å². The number of oxime groups is 1. The van der Waals surface area contributed by atoms with Crippen molar-refractivity contribution in [1.29, 1.82) is 0 Å². The number of benzene rings is 1. The molecule has 0 saturated carbocycles. The Morgan fingerprint density at radius 3 is 3.08 bits per heavy atom. The quantitative estimate of drug-likeness (QED) is 0.921. The van der Waals surface area contributed by atoms with Crippen molar-refractivity contribution < 1.29 is 9.63 Å². The zero-order chi connectivity index (χ0) is 18.0.